The second-order valence-electron chi connectivity index (χ2n) is 4.40. The largest absolute Gasteiger partial charge is 0.384 e. The van der Waals surface area contributed by atoms with Crippen LogP contribution in [0.25, 0.3) is 10.9 Å². The molecule has 0 spiro atoms. The number of nitrogens with one attached hydrogen (secondary N) is 1. The summed E-state index contributed by atoms with van der Waals surface area (Å²) in [6, 6.07) is 7.99. The molecule has 1 atom stereocenters. The lowest BCUT2D eigenvalue weighted by Gasteiger charge is -2.12. The quantitative estimate of drug-likeness (QED) is 0.869. The van der Waals surface area contributed by atoms with Crippen LogP contribution in [0.2, 0.25) is 5.02 Å². The van der Waals surface area contributed by atoms with E-state index in [1.807, 2.05) is 24.3 Å². The maximum Gasteiger partial charge on any atom is 0.0737 e. The zero-order chi connectivity index (χ0) is 13.0. The molecule has 0 saturated carbocycles. The number of anilines is 1. The fraction of sp³-hybridized carbons (Fsp3) is 0.357. The molecule has 4 heteroatoms. The second kappa shape index (κ2) is 6.03. The standard InChI is InChI=1S/C14H18ClN3/c1-2-11(16)5-7-17-13-6-8-18-14-9-10(15)3-4-12(13)14/h3-4,6,8-9,11H,2,5,7,16H2,1H3,(H,17,18). The number of benzene rings is 1. The Morgan fingerprint density at radius 3 is 3.00 bits per heavy atom. The topological polar surface area (TPSA) is 50.9 Å². The highest BCUT2D eigenvalue weighted by molar-refractivity contribution is 6.31. The van der Waals surface area contributed by atoms with E-state index < -0.39 is 0 Å². The molecule has 96 valence electrons. The highest BCUT2D eigenvalue weighted by Crippen LogP contribution is 2.24. The van der Waals surface area contributed by atoms with E-state index in [0.717, 1.165) is 36.0 Å². The van der Waals surface area contributed by atoms with Crippen molar-refractivity contribution in [3.63, 3.8) is 0 Å². The highest BCUT2D eigenvalue weighted by atomic mass is 35.5. The third-order valence-electron chi connectivity index (χ3n) is 3.06. The first kappa shape index (κ1) is 13.1. The number of nitrogens with zero attached hydrogens (tertiary/aromatic N) is 1. The second-order valence-corrected chi connectivity index (χ2v) is 4.84. The van der Waals surface area contributed by atoms with Crippen LogP contribution >= 0.6 is 11.6 Å². The molecule has 0 bridgehead atoms. The normalized spacial score (nSPS) is 12.6. The van der Waals surface area contributed by atoms with Crippen molar-refractivity contribution in [1.82, 2.24) is 4.98 Å². The molecule has 0 radical (unpaired) electrons. The Hall–Kier alpha value is -1.32. The molecule has 0 aliphatic rings. The molecular weight excluding hydrogens is 246 g/mol. The van der Waals surface area contributed by atoms with Gasteiger partial charge in [-0.1, -0.05) is 18.5 Å². The van der Waals surface area contributed by atoms with Gasteiger partial charge in [-0.25, -0.2) is 0 Å². The van der Waals surface area contributed by atoms with Gasteiger partial charge >= 0.3 is 0 Å². The monoisotopic (exact) mass is 263 g/mol. The number of fused-ring (bicyclic) bond motifs is 1. The molecule has 1 aromatic heterocycles. The van der Waals surface area contributed by atoms with Gasteiger partial charge in [0.2, 0.25) is 0 Å². The number of hydrogen-bond donors (Lipinski definition) is 2. The van der Waals surface area contributed by atoms with Crippen molar-refractivity contribution in [1.29, 1.82) is 0 Å². The van der Waals surface area contributed by atoms with Crippen LogP contribution in [0.5, 0.6) is 0 Å². The first-order chi connectivity index (χ1) is 8.70. The maximum absolute atomic E-state index is 5.96. The van der Waals surface area contributed by atoms with Gasteiger partial charge in [0.1, 0.15) is 0 Å². The SMILES string of the molecule is CCC(N)CCNc1ccnc2cc(Cl)ccc12. The molecule has 0 aliphatic heterocycles. The molecule has 2 aromatic rings. The van der Waals surface area contributed by atoms with E-state index in [2.05, 4.69) is 17.2 Å². The van der Waals surface area contributed by atoms with E-state index in [9.17, 15) is 0 Å². The van der Waals surface area contributed by atoms with Gasteiger partial charge in [0.15, 0.2) is 0 Å². The molecule has 0 fully saturated rings. The molecule has 0 saturated heterocycles. The summed E-state index contributed by atoms with van der Waals surface area (Å²) in [5.74, 6) is 0. The van der Waals surface area contributed by atoms with Crippen molar-refractivity contribution in [3.8, 4) is 0 Å². The van der Waals surface area contributed by atoms with E-state index in [-0.39, 0.29) is 6.04 Å². The van der Waals surface area contributed by atoms with Crippen LogP contribution in [0.4, 0.5) is 5.69 Å². The summed E-state index contributed by atoms with van der Waals surface area (Å²) in [6.45, 7) is 2.98. The third-order valence-corrected chi connectivity index (χ3v) is 3.29. The lowest BCUT2D eigenvalue weighted by atomic mass is 10.1. The van der Waals surface area contributed by atoms with Crippen LogP contribution in [-0.2, 0) is 0 Å². The molecule has 1 aromatic carbocycles. The summed E-state index contributed by atoms with van der Waals surface area (Å²) in [6.07, 6.45) is 3.77. The smallest absolute Gasteiger partial charge is 0.0737 e. The summed E-state index contributed by atoms with van der Waals surface area (Å²) in [4.78, 5) is 4.31. The lowest BCUT2D eigenvalue weighted by molar-refractivity contribution is 0.613. The van der Waals surface area contributed by atoms with Crippen molar-refractivity contribution in [2.45, 2.75) is 25.8 Å². The Morgan fingerprint density at radius 1 is 1.39 bits per heavy atom. The van der Waals surface area contributed by atoms with Gasteiger partial charge in [-0.3, -0.25) is 4.98 Å². The maximum atomic E-state index is 5.96. The van der Waals surface area contributed by atoms with Gasteiger partial charge in [0.05, 0.1) is 5.52 Å². The fourth-order valence-corrected chi connectivity index (χ4v) is 2.04. The van der Waals surface area contributed by atoms with E-state index in [4.69, 9.17) is 17.3 Å². The Balaban J connectivity index is 2.13. The first-order valence-electron chi connectivity index (χ1n) is 6.24. The summed E-state index contributed by atoms with van der Waals surface area (Å²) in [7, 11) is 0. The molecule has 18 heavy (non-hydrogen) atoms. The summed E-state index contributed by atoms with van der Waals surface area (Å²) in [5, 5.41) is 5.21. The minimum Gasteiger partial charge on any atom is -0.384 e. The Bertz CT molecular complexity index is 527. The van der Waals surface area contributed by atoms with E-state index in [1.165, 1.54) is 0 Å². The van der Waals surface area contributed by atoms with Gasteiger partial charge in [-0.2, -0.15) is 0 Å². The van der Waals surface area contributed by atoms with E-state index in [1.54, 1.807) is 6.20 Å². The van der Waals surface area contributed by atoms with Gasteiger partial charge in [-0.05, 0) is 37.1 Å². The average molecular weight is 264 g/mol. The molecule has 3 N–H and O–H groups in total. The number of hydrogen-bond acceptors (Lipinski definition) is 3. The minimum atomic E-state index is 0.264. The summed E-state index contributed by atoms with van der Waals surface area (Å²) in [5.41, 5.74) is 7.89. The molecule has 0 amide bonds. The number of halogens is 1. The van der Waals surface area contributed by atoms with E-state index >= 15 is 0 Å². The molecule has 1 heterocycles. The fourth-order valence-electron chi connectivity index (χ4n) is 1.87. The number of pyridine rings is 1. The summed E-state index contributed by atoms with van der Waals surface area (Å²) < 4.78 is 0. The van der Waals surface area contributed by atoms with E-state index in [0.29, 0.717) is 5.02 Å². The van der Waals surface area contributed by atoms with Crippen molar-refractivity contribution >= 4 is 28.2 Å². The van der Waals surface area contributed by atoms with Crippen molar-refractivity contribution in [3.05, 3.63) is 35.5 Å². The van der Waals surface area contributed by atoms with Crippen molar-refractivity contribution in [2.75, 3.05) is 11.9 Å². The molecule has 1 unspecified atom stereocenters. The van der Waals surface area contributed by atoms with Gasteiger partial charge in [0.25, 0.3) is 0 Å². The summed E-state index contributed by atoms with van der Waals surface area (Å²) >= 11 is 5.96. The van der Waals surface area contributed by atoms with Gasteiger partial charge in [-0.15, -0.1) is 0 Å². The Morgan fingerprint density at radius 2 is 2.22 bits per heavy atom. The predicted molar refractivity (Wildman–Crippen MR) is 78.1 cm³/mol. The number of aromatic nitrogens is 1. The van der Waals surface area contributed by atoms with Gasteiger partial charge in [0, 0.05) is 34.9 Å². The van der Waals surface area contributed by atoms with Crippen LogP contribution < -0.4 is 11.1 Å². The predicted octanol–water partition coefficient (Wildman–Crippen LogP) is 3.43. The molecule has 3 nitrogen and oxygen atoms in total. The minimum absolute atomic E-state index is 0.264. The molecule has 2 rings (SSSR count). The van der Waals surface area contributed by atoms with Crippen molar-refractivity contribution < 1.29 is 0 Å². The Kier molecular flexibility index (Phi) is 4.39. The van der Waals surface area contributed by atoms with Crippen LogP contribution in [0.3, 0.4) is 0 Å². The third kappa shape index (κ3) is 3.12. The van der Waals surface area contributed by atoms with Gasteiger partial charge < -0.3 is 11.1 Å². The number of nitrogens with two attached hydrogens (primary N) is 1. The number of rotatable bonds is 5. The van der Waals surface area contributed by atoms with Crippen LogP contribution in [-0.4, -0.2) is 17.6 Å². The van der Waals surface area contributed by atoms with Crippen LogP contribution in [0.15, 0.2) is 30.5 Å². The first-order valence-corrected chi connectivity index (χ1v) is 6.62. The zero-order valence-electron chi connectivity index (χ0n) is 10.5. The average Bonchev–Trinajstić information content (AvgIpc) is 2.38. The Labute approximate surface area is 112 Å². The van der Waals surface area contributed by atoms with Crippen molar-refractivity contribution in [2.24, 2.45) is 5.73 Å². The molecule has 0 aliphatic carbocycles. The van der Waals surface area contributed by atoms with Crippen LogP contribution in [0.1, 0.15) is 19.8 Å². The highest BCUT2D eigenvalue weighted by Gasteiger charge is 2.03. The van der Waals surface area contributed by atoms with Crippen LogP contribution in [0, 0.1) is 0 Å². The zero-order valence-corrected chi connectivity index (χ0v) is 11.2. The lowest BCUT2D eigenvalue weighted by Crippen LogP contribution is -2.22. The molecular formula is C14H18ClN3.